The minimum atomic E-state index is -0.630. The maximum Gasteiger partial charge on any atom is 0.306 e. The Balaban J connectivity index is 0.000000470. The van der Waals surface area contributed by atoms with E-state index in [0.717, 1.165) is 75.4 Å². The van der Waals surface area contributed by atoms with Gasteiger partial charge in [-0.2, -0.15) is 10.4 Å². The van der Waals surface area contributed by atoms with Gasteiger partial charge in [-0.15, -0.1) is 0 Å². The van der Waals surface area contributed by atoms with E-state index < -0.39 is 11.4 Å². The highest BCUT2D eigenvalue weighted by atomic mass is 16.4. The fourth-order valence-corrected chi connectivity index (χ4v) is 4.74. The van der Waals surface area contributed by atoms with Crippen molar-refractivity contribution in [1.29, 1.82) is 5.26 Å². The van der Waals surface area contributed by atoms with Gasteiger partial charge in [0.1, 0.15) is 11.5 Å². The number of fused-ring (bicyclic) bond motifs is 3. The smallest absolute Gasteiger partial charge is 0.306 e. The molecule has 0 bridgehead atoms. The zero-order valence-electron chi connectivity index (χ0n) is 23.4. The summed E-state index contributed by atoms with van der Waals surface area (Å²) in [5.74, 6) is 0.145. The second-order valence-electron chi connectivity index (χ2n) is 11.5. The number of aliphatic carboxylic acids is 1. The first-order chi connectivity index (χ1) is 20.2. The Morgan fingerprint density at radius 1 is 0.929 bits per heavy atom. The number of hydrogen-bond acceptors (Lipinski definition) is 6. The van der Waals surface area contributed by atoms with Gasteiger partial charge in [-0.1, -0.05) is 30.3 Å². The highest BCUT2D eigenvalue weighted by Crippen LogP contribution is 2.35. The first kappa shape index (κ1) is 27.1. The molecule has 9 nitrogen and oxygen atoms in total. The van der Waals surface area contributed by atoms with E-state index >= 15 is 0 Å². The van der Waals surface area contributed by atoms with Gasteiger partial charge in [0.25, 0.3) is 0 Å². The predicted octanol–water partition coefficient (Wildman–Crippen LogP) is 6.47. The highest BCUT2D eigenvalue weighted by Gasteiger charge is 2.30. The van der Waals surface area contributed by atoms with E-state index in [9.17, 15) is 14.9 Å². The number of nitrogens with one attached hydrogen (secondary N) is 2. The van der Waals surface area contributed by atoms with Crippen molar-refractivity contribution in [1.82, 2.24) is 20.2 Å². The van der Waals surface area contributed by atoms with Gasteiger partial charge < -0.3 is 10.4 Å². The molecule has 2 saturated carbocycles. The lowest BCUT2D eigenvalue weighted by Crippen LogP contribution is -2.14. The number of H-pyrrole nitrogens is 1. The summed E-state index contributed by atoms with van der Waals surface area (Å²) in [4.78, 5) is 30.8. The van der Waals surface area contributed by atoms with Crippen molar-refractivity contribution in [3.8, 4) is 28.5 Å². The number of carboxylic acid groups (broad SMARTS) is 1. The zero-order valence-corrected chi connectivity index (χ0v) is 23.4. The van der Waals surface area contributed by atoms with Gasteiger partial charge in [0.05, 0.1) is 34.6 Å². The molecule has 0 saturated heterocycles. The monoisotopic (exact) mass is 558 g/mol. The summed E-state index contributed by atoms with van der Waals surface area (Å²) in [5.41, 5.74) is 5.90. The molecule has 2 aliphatic carbocycles. The van der Waals surface area contributed by atoms with Crippen LogP contribution in [0.15, 0.2) is 67.0 Å². The van der Waals surface area contributed by atoms with Crippen LogP contribution in [0, 0.1) is 23.2 Å². The minimum absolute atomic E-state index is 0.0185. The van der Waals surface area contributed by atoms with Crippen LogP contribution in [0.25, 0.3) is 44.2 Å². The number of benzene rings is 2. The van der Waals surface area contributed by atoms with E-state index in [4.69, 9.17) is 5.11 Å². The number of hydrogen-bond donors (Lipinski definition) is 3. The molecule has 0 spiro atoms. The first-order valence-electron chi connectivity index (χ1n) is 14.0. The number of aromatic nitrogens is 4. The molecular weight excluding hydrogens is 528 g/mol. The Labute approximate surface area is 242 Å². The third-order valence-electron chi connectivity index (χ3n) is 7.78. The Kier molecular flexibility index (Phi) is 6.91. The summed E-state index contributed by atoms with van der Waals surface area (Å²) < 4.78 is 0. The van der Waals surface area contributed by atoms with Crippen LogP contribution in [-0.4, -0.2) is 37.1 Å². The number of nitrogens with zero attached hydrogens (tertiary/aromatic N) is 4. The van der Waals surface area contributed by atoms with Crippen molar-refractivity contribution in [2.45, 2.75) is 44.9 Å². The third kappa shape index (κ3) is 5.56. The number of nitriles is 1. The van der Waals surface area contributed by atoms with E-state index in [1.165, 1.54) is 0 Å². The van der Waals surface area contributed by atoms with Gasteiger partial charge in [0.2, 0.25) is 5.91 Å². The van der Waals surface area contributed by atoms with Gasteiger partial charge >= 0.3 is 5.97 Å². The van der Waals surface area contributed by atoms with Crippen molar-refractivity contribution in [3.63, 3.8) is 0 Å². The van der Waals surface area contributed by atoms with Crippen LogP contribution in [0.4, 0.5) is 5.82 Å². The van der Waals surface area contributed by atoms with Crippen LogP contribution in [0.1, 0.15) is 45.1 Å². The largest absolute Gasteiger partial charge is 0.481 e. The maximum atomic E-state index is 12.0. The Bertz CT molecular complexity index is 1840. The van der Waals surface area contributed by atoms with Gasteiger partial charge in [-0.25, -0.2) is 4.98 Å². The average Bonchev–Trinajstić information content (AvgIpc) is 3.94. The molecule has 2 aliphatic rings. The van der Waals surface area contributed by atoms with Gasteiger partial charge in [0.15, 0.2) is 0 Å². The lowest BCUT2D eigenvalue weighted by Gasteiger charge is -2.15. The molecule has 210 valence electrons. The molecule has 3 heterocycles. The number of carboxylic acids is 1. The normalized spacial score (nSPS) is 14.6. The summed E-state index contributed by atoms with van der Waals surface area (Å²) >= 11 is 0. The molecule has 0 radical (unpaired) electrons. The maximum absolute atomic E-state index is 12.0. The van der Waals surface area contributed by atoms with Gasteiger partial charge in [-0.05, 0) is 74.9 Å². The second kappa shape index (κ2) is 10.7. The fraction of sp³-hybridized carbons (Fsp3) is 0.273. The van der Waals surface area contributed by atoms with Crippen LogP contribution in [0.2, 0.25) is 0 Å². The minimum Gasteiger partial charge on any atom is -0.481 e. The first-order valence-corrected chi connectivity index (χ1v) is 14.0. The third-order valence-corrected chi connectivity index (χ3v) is 7.78. The molecule has 3 aromatic heterocycles. The molecule has 42 heavy (non-hydrogen) atoms. The number of rotatable bonds is 6. The van der Waals surface area contributed by atoms with Crippen molar-refractivity contribution < 1.29 is 14.7 Å². The van der Waals surface area contributed by atoms with Crippen molar-refractivity contribution in [2.75, 3.05) is 5.32 Å². The summed E-state index contributed by atoms with van der Waals surface area (Å²) in [6.45, 7) is 3.82. The molecule has 1 amide bonds. The molecule has 0 atom stereocenters. The van der Waals surface area contributed by atoms with Crippen LogP contribution in [0.5, 0.6) is 0 Å². The number of carbonyl (C=O) groups is 2. The number of pyridine rings is 2. The summed E-state index contributed by atoms with van der Waals surface area (Å²) in [6, 6.07) is 20.3. The molecule has 0 unspecified atom stereocenters. The Morgan fingerprint density at radius 3 is 2.21 bits per heavy atom. The molecular formula is C33H30N6O3. The molecule has 9 heteroatoms. The van der Waals surface area contributed by atoms with Crippen molar-refractivity contribution >= 4 is 39.5 Å². The number of amides is 1. The molecule has 3 N–H and O–H groups in total. The summed E-state index contributed by atoms with van der Waals surface area (Å²) in [5, 5.41) is 30.1. The quantitative estimate of drug-likeness (QED) is 0.216. The van der Waals surface area contributed by atoms with Gasteiger partial charge in [0, 0.05) is 34.0 Å². The molecule has 2 fully saturated rings. The second-order valence-corrected chi connectivity index (χ2v) is 11.5. The van der Waals surface area contributed by atoms with Crippen molar-refractivity contribution in [3.05, 3.63) is 72.6 Å². The molecule has 0 aliphatic heterocycles. The summed E-state index contributed by atoms with van der Waals surface area (Å²) in [7, 11) is 0. The Morgan fingerprint density at radius 2 is 1.62 bits per heavy atom. The fourth-order valence-electron chi connectivity index (χ4n) is 4.74. The molecule has 7 rings (SSSR count). The van der Waals surface area contributed by atoms with Crippen LogP contribution >= 0.6 is 0 Å². The topological polar surface area (TPSA) is 145 Å². The SMILES string of the molecule is CC(C)(C#N)c1ccc(-c2n[nH]c3cnc4ccc(-c5ccc(NC(=O)C6CC6)nc5)cc4c23)cc1.O=C(O)C1CC1. The van der Waals surface area contributed by atoms with E-state index in [1.807, 2.05) is 62.4 Å². The zero-order chi connectivity index (χ0) is 29.4. The van der Waals surface area contributed by atoms with Crippen LogP contribution in [0.3, 0.4) is 0 Å². The average molecular weight is 559 g/mol. The number of aromatic amines is 1. The van der Waals surface area contributed by atoms with E-state index in [2.05, 4.69) is 37.6 Å². The standard InChI is InChI=1S/C29H24N6O.C4H6O2/c1-29(2,16-30)21-9-5-17(6-10-21)27-26-22-13-19(7-11-23(22)31-15-24(26)34-35-27)20-8-12-25(32-14-20)33-28(36)18-3-4-18;5-4(6)3-1-2-3/h5-15,18H,3-4H2,1-2H3,(H,34,35)(H,32,33,36);3H,1-2H2,(H,5,6). The van der Waals surface area contributed by atoms with E-state index in [-0.39, 0.29) is 17.7 Å². The predicted molar refractivity (Wildman–Crippen MR) is 160 cm³/mol. The summed E-state index contributed by atoms with van der Waals surface area (Å²) in [6.07, 6.45) is 7.30. The highest BCUT2D eigenvalue weighted by molar-refractivity contribution is 6.11. The van der Waals surface area contributed by atoms with Gasteiger partial charge in [-0.3, -0.25) is 19.7 Å². The lowest BCUT2D eigenvalue weighted by atomic mass is 9.86. The number of anilines is 1. The molecule has 2 aromatic carbocycles. The lowest BCUT2D eigenvalue weighted by molar-refractivity contribution is -0.138. The van der Waals surface area contributed by atoms with E-state index in [0.29, 0.717) is 5.82 Å². The number of carbonyl (C=O) groups excluding carboxylic acids is 1. The van der Waals surface area contributed by atoms with Crippen LogP contribution in [-0.2, 0) is 15.0 Å². The molecule has 5 aromatic rings. The Hall–Kier alpha value is -5.10. The van der Waals surface area contributed by atoms with Crippen molar-refractivity contribution in [2.24, 2.45) is 11.8 Å². The van der Waals surface area contributed by atoms with Crippen LogP contribution < -0.4 is 5.32 Å². The van der Waals surface area contributed by atoms with E-state index in [1.54, 1.807) is 12.4 Å².